The van der Waals surface area contributed by atoms with Crippen LogP contribution in [-0.2, 0) is 10.0 Å². The van der Waals surface area contributed by atoms with E-state index in [0.717, 1.165) is 11.1 Å². The molecule has 0 bridgehead atoms. The summed E-state index contributed by atoms with van der Waals surface area (Å²) in [6.07, 6.45) is 0. The summed E-state index contributed by atoms with van der Waals surface area (Å²) in [5.74, 6) is 0. The number of hydrogen-bond donors (Lipinski definition) is 2. The zero-order valence-electron chi connectivity index (χ0n) is 12.1. The van der Waals surface area contributed by atoms with Crippen molar-refractivity contribution in [2.45, 2.75) is 25.7 Å². The molecule has 2 rings (SSSR count). The number of halogens is 1. The van der Waals surface area contributed by atoms with Crippen molar-refractivity contribution < 1.29 is 8.42 Å². The van der Waals surface area contributed by atoms with Crippen molar-refractivity contribution >= 4 is 33.0 Å². The number of hydrogen-bond acceptors (Lipinski definition) is 3. The molecule has 0 aliphatic rings. The minimum atomic E-state index is -3.79. The molecule has 0 saturated carbocycles. The zero-order valence-corrected chi connectivity index (χ0v) is 13.6. The van der Waals surface area contributed by atoms with Gasteiger partial charge < -0.3 is 5.73 Å². The first-order chi connectivity index (χ1) is 9.72. The van der Waals surface area contributed by atoms with Gasteiger partial charge in [-0.05, 0) is 49.6 Å². The molecular formula is C15H17ClN2O2S. The van der Waals surface area contributed by atoms with Gasteiger partial charge in [0, 0.05) is 0 Å². The predicted octanol–water partition coefficient (Wildman–Crippen LogP) is 3.65. The van der Waals surface area contributed by atoms with Crippen molar-refractivity contribution in [3.8, 4) is 0 Å². The van der Waals surface area contributed by atoms with E-state index in [-0.39, 0.29) is 10.6 Å². The Bertz CT molecular complexity index is 802. The molecule has 0 aliphatic heterocycles. The van der Waals surface area contributed by atoms with E-state index in [2.05, 4.69) is 4.72 Å². The van der Waals surface area contributed by atoms with E-state index in [1.807, 2.05) is 6.92 Å². The minimum Gasteiger partial charge on any atom is -0.397 e. The van der Waals surface area contributed by atoms with Crippen molar-refractivity contribution in [2.75, 3.05) is 10.5 Å². The number of benzene rings is 2. The predicted molar refractivity (Wildman–Crippen MR) is 87.3 cm³/mol. The summed E-state index contributed by atoms with van der Waals surface area (Å²) in [7, 11) is -3.79. The van der Waals surface area contributed by atoms with Crippen LogP contribution in [-0.4, -0.2) is 8.42 Å². The molecule has 0 amide bonds. The SMILES string of the molecule is Cc1ccc(NS(=O)(=O)c2c(C)ccc(C)c2N)c(Cl)c1. The highest BCUT2D eigenvalue weighted by Crippen LogP contribution is 2.30. The molecule has 0 unspecified atom stereocenters. The van der Waals surface area contributed by atoms with Gasteiger partial charge in [-0.3, -0.25) is 4.72 Å². The lowest BCUT2D eigenvalue weighted by Gasteiger charge is -2.15. The van der Waals surface area contributed by atoms with Gasteiger partial charge in [-0.2, -0.15) is 0 Å². The molecule has 4 nitrogen and oxygen atoms in total. The average molecular weight is 325 g/mol. The first kappa shape index (κ1) is 15.7. The molecule has 0 saturated heterocycles. The highest BCUT2D eigenvalue weighted by atomic mass is 35.5. The molecule has 0 spiro atoms. The van der Waals surface area contributed by atoms with Crippen LogP contribution >= 0.6 is 11.6 Å². The maximum Gasteiger partial charge on any atom is 0.264 e. The minimum absolute atomic E-state index is 0.0964. The topological polar surface area (TPSA) is 72.2 Å². The average Bonchev–Trinajstić information content (AvgIpc) is 2.37. The molecule has 0 fully saturated rings. The van der Waals surface area contributed by atoms with Gasteiger partial charge in [-0.25, -0.2) is 8.42 Å². The lowest BCUT2D eigenvalue weighted by atomic mass is 10.1. The summed E-state index contributed by atoms with van der Waals surface area (Å²) in [6, 6.07) is 8.65. The molecule has 6 heteroatoms. The molecule has 21 heavy (non-hydrogen) atoms. The normalized spacial score (nSPS) is 11.4. The Hall–Kier alpha value is -1.72. The van der Waals surface area contributed by atoms with Crippen molar-refractivity contribution in [1.29, 1.82) is 0 Å². The fraction of sp³-hybridized carbons (Fsp3) is 0.200. The van der Waals surface area contributed by atoms with Gasteiger partial charge in [-0.15, -0.1) is 0 Å². The lowest BCUT2D eigenvalue weighted by molar-refractivity contribution is 0.601. The maximum absolute atomic E-state index is 12.6. The van der Waals surface area contributed by atoms with Crippen molar-refractivity contribution in [1.82, 2.24) is 0 Å². The van der Waals surface area contributed by atoms with Crippen LogP contribution in [0.3, 0.4) is 0 Å². The smallest absolute Gasteiger partial charge is 0.264 e. The second-order valence-electron chi connectivity index (χ2n) is 5.03. The number of nitrogen functional groups attached to an aromatic ring is 1. The van der Waals surface area contributed by atoms with Crippen LogP contribution in [0.5, 0.6) is 0 Å². The summed E-state index contributed by atoms with van der Waals surface area (Å²) < 4.78 is 27.7. The summed E-state index contributed by atoms with van der Waals surface area (Å²) in [6.45, 7) is 5.36. The lowest BCUT2D eigenvalue weighted by Crippen LogP contribution is -2.17. The number of aryl methyl sites for hydroxylation is 3. The molecule has 3 N–H and O–H groups in total. The Morgan fingerprint density at radius 2 is 1.67 bits per heavy atom. The fourth-order valence-electron chi connectivity index (χ4n) is 2.06. The van der Waals surface area contributed by atoms with E-state index in [1.54, 1.807) is 44.2 Å². The van der Waals surface area contributed by atoms with Gasteiger partial charge in [0.15, 0.2) is 0 Å². The van der Waals surface area contributed by atoms with Crippen LogP contribution in [0.25, 0.3) is 0 Å². The van der Waals surface area contributed by atoms with Crippen LogP contribution < -0.4 is 10.5 Å². The first-order valence-electron chi connectivity index (χ1n) is 6.37. The quantitative estimate of drug-likeness (QED) is 0.846. The molecule has 0 atom stereocenters. The molecular weight excluding hydrogens is 308 g/mol. The van der Waals surface area contributed by atoms with E-state index < -0.39 is 10.0 Å². The Labute approximate surface area is 130 Å². The third-order valence-corrected chi connectivity index (χ3v) is 5.13. The van der Waals surface area contributed by atoms with Crippen molar-refractivity contribution in [3.05, 3.63) is 52.0 Å². The standard InChI is InChI=1S/C15H17ClN2O2S/c1-9-4-7-13(12(16)8-9)18-21(19,20)15-11(3)6-5-10(2)14(15)17/h4-8,18H,17H2,1-3H3. The molecule has 2 aromatic carbocycles. The molecule has 0 aromatic heterocycles. The van der Waals surface area contributed by atoms with Gasteiger partial charge >= 0.3 is 0 Å². The number of nitrogens with two attached hydrogens (primary N) is 1. The van der Waals surface area contributed by atoms with E-state index in [0.29, 0.717) is 16.3 Å². The Balaban J connectivity index is 2.51. The van der Waals surface area contributed by atoms with E-state index in [9.17, 15) is 8.42 Å². The highest BCUT2D eigenvalue weighted by Gasteiger charge is 2.22. The monoisotopic (exact) mass is 324 g/mol. The Kier molecular flexibility index (Phi) is 4.16. The van der Waals surface area contributed by atoms with Gasteiger partial charge in [0.2, 0.25) is 0 Å². The highest BCUT2D eigenvalue weighted by molar-refractivity contribution is 7.93. The fourth-order valence-corrected chi connectivity index (χ4v) is 3.91. The number of rotatable bonds is 3. The van der Waals surface area contributed by atoms with Gasteiger partial charge in [0.1, 0.15) is 4.90 Å². The maximum atomic E-state index is 12.6. The molecule has 0 radical (unpaired) electrons. The Morgan fingerprint density at radius 3 is 2.29 bits per heavy atom. The summed E-state index contributed by atoms with van der Waals surface area (Å²) in [5.41, 5.74) is 8.79. The van der Waals surface area contributed by atoms with Crippen LogP contribution in [0.1, 0.15) is 16.7 Å². The number of sulfonamides is 1. The first-order valence-corrected chi connectivity index (χ1v) is 8.23. The molecule has 2 aromatic rings. The Morgan fingerprint density at radius 1 is 1.05 bits per heavy atom. The third-order valence-electron chi connectivity index (χ3n) is 3.25. The molecule has 112 valence electrons. The van der Waals surface area contributed by atoms with E-state index in [1.165, 1.54) is 0 Å². The number of anilines is 2. The molecule has 0 aliphatic carbocycles. The zero-order chi connectivity index (χ0) is 15.8. The second-order valence-corrected chi connectivity index (χ2v) is 7.06. The van der Waals surface area contributed by atoms with Crippen molar-refractivity contribution in [2.24, 2.45) is 0 Å². The summed E-state index contributed by atoms with van der Waals surface area (Å²) in [4.78, 5) is 0.0964. The largest absolute Gasteiger partial charge is 0.397 e. The molecule has 0 heterocycles. The van der Waals surface area contributed by atoms with E-state index >= 15 is 0 Å². The van der Waals surface area contributed by atoms with Gasteiger partial charge in [-0.1, -0.05) is 29.8 Å². The van der Waals surface area contributed by atoms with Crippen LogP contribution in [0.15, 0.2) is 35.2 Å². The van der Waals surface area contributed by atoms with Crippen LogP contribution in [0.4, 0.5) is 11.4 Å². The third kappa shape index (κ3) is 3.14. The summed E-state index contributed by atoms with van der Waals surface area (Å²) >= 11 is 6.08. The van der Waals surface area contributed by atoms with Gasteiger partial charge in [0.05, 0.1) is 16.4 Å². The van der Waals surface area contributed by atoms with Crippen LogP contribution in [0.2, 0.25) is 5.02 Å². The van der Waals surface area contributed by atoms with Gasteiger partial charge in [0.25, 0.3) is 10.0 Å². The van der Waals surface area contributed by atoms with E-state index in [4.69, 9.17) is 17.3 Å². The second kappa shape index (κ2) is 5.58. The number of nitrogens with one attached hydrogen (secondary N) is 1. The van der Waals surface area contributed by atoms with Crippen LogP contribution in [0, 0.1) is 20.8 Å². The summed E-state index contributed by atoms with van der Waals surface area (Å²) in [5, 5.41) is 0.349. The van der Waals surface area contributed by atoms with Crippen molar-refractivity contribution in [3.63, 3.8) is 0 Å².